The van der Waals surface area contributed by atoms with Crippen LogP contribution in [-0.2, 0) is 6.54 Å². The van der Waals surface area contributed by atoms with Gasteiger partial charge in [0.05, 0.1) is 5.52 Å². The highest BCUT2D eigenvalue weighted by atomic mass is 16.1. The van der Waals surface area contributed by atoms with Crippen LogP contribution in [0.15, 0.2) is 47.3 Å². The first-order valence-corrected chi connectivity index (χ1v) is 7.24. The number of nitrogens with zero attached hydrogens (tertiary/aromatic N) is 1. The summed E-state index contributed by atoms with van der Waals surface area (Å²) in [7, 11) is 0. The smallest absolute Gasteiger partial charge is 0.258 e. The van der Waals surface area contributed by atoms with Crippen LogP contribution in [0, 0.1) is 6.92 Å². The zero-order chi connectivity index (χ0) is 14.1. The lowest BCUT2D eigenvalue weighted by Crippen LogP contribution is -2.21. The van der Waals surface area contributed by atoms with Crippen molar-refractivity contribution in [1.29, 1.82) is 0 Å². The standard InChI is InChI=1S/C18H19NO/c1-3-4-11-19-17-12-13(2)9-10-15(17)14-7-5-6-8-16(14)18(19)20/h5-10,12H,3-4,11H2,1-2H3. The molecular weight excluding hydrogens is 246 g/mol. The topological polar surface area (TPSA) is 22.0 Å². The Morgan fingerprint density at radius 2 is 1.75 bits per heavy atom. The number of hydrogen-bond donors (Lipinski definition) is 0. The summed E-state index contributed by atoms with van der Waals surface area (Å²) in [6.07, 6.45) is 2.12. The second-order valence-corrected chi connectivity index (χ2v) is 5.38. The van der Waals surface area contributed by atoms with E-state index in [0.29, 0.717) is 0 Å². The van der Waals surface area contributed by atoms with Crippen LogP contribution in [0.4, 0.5) is 0 Å². The molecule has 0 aliphatic heterocycles. The third kappa shape index (κ3) is 2.01. The van der Waals surface area contributed by atoms with E-state index >= 15 is 0 Å². The Morgan fingerprint density at radius 1 is 1.00 bits per heavy atom. The van der Waals surface area contributed by atoms with Crippen LogP contribution in [0.1, 0.15) is 25.3 Å². The quantitative estimate of drug-likeness (QED) is 0.648. The van der Waals surface area contributed by atoms with E-state index in [9.17, 15) is 4.79 Å². The summed E-state index contributed by atoms with van der Waals surface area (Å²) in [5.41, 5.74) is 2.38. The summed E-state index contributed by atoms with van der Waals surface area (Å²) < 4.78 is 1.94. The van der Waals surface area contributed by atoms with Crippen molar-refractivity contribution < 1.29 is 0 Å². The Hall–Kier alpha value is -2.09. The largest absolute Gasteiger partial charge is 0.308 e. The summed E-state index contributed by atoms with van der Waals surface area (Å²) >= 11 is 0. The molecule has 0 bridgehead atoms. The molecular formula is C18H19NO. The predicted molar refractivity (Wildman–Crippen MR) is 85.4 cm³/mol. The van der Waals surface area contributed by atoms with Gasteiger partial charge in [0.25, 0.3) is 5.56 Å². The number of aryl methyl sites for hydroxylation is 2. The van der Waals surface area contributed by atoms with Gasteiger partial charge in [-0.2, -0.15) is 0 Å². The van der Waals surface area contributed by atoms with E-state index in [1.165, 1.54) is 10.9 Å². The van der Waals surface area contributed by atoms with Gasteiger partial charge in [0, 0.05) is 17.3 Å². The van der Waals surface area contributed by atoms with E-state index in [-0.39, 0.29) is 5.56 Å². The molecule has 2 nitrogen and oxygen atoms in total. The van der Waals surface area contributed by atoms with Gasteiger partial charge >= 0.3 is 0 Å². The molecule has 1 aromatic heterocycles. The second kappa shape index (κ2) is 5.12. The Labute approximate surface area is 118 Å². The third-order valence-electron chi connectivity index (χ3n) is 3.87. The van der Waals surface area contributed by atoms with E-state index in [2.05, 4.69) is 32.0 Å². The van der Waals surface area contributed by atoms with Crippen molar-refractivity contribution in [2.75, 3.05) is 0 Å². The molecule has 0 amide bonds. The molecule has 1 heterocycles. The molecule has 2 aromatic carbocycles. The number of unbranched alkanes of at least 4 members (excludes halogenated alkanes) is 1. The van der Waals surface area contributed by atoms with Crippen molar-refractivity contribution in [2.45, 2.75) is 33.2 Å². The van der Waals surface area contributed by atoms with Crippen molar-refractivity contribution in [3.8, 4) is 0 Å². The lowest BCUT2D eigenvalue weighted by molar-refractivity contribution is 0.635. The van der Waals surface area contributed by atoms with Crippen LogP contribution in [0.2, 0.25) is 0 Å². The van der Waals surface area contributed by atoms with Gasteiger partial charge in [-0.05, 0) is 36.4 Å². The SMILES string of the molecule is CCCCn1c(=O)c2ccccc2c2ccc(C)cc21. The van der Waals surface area contributed by atoms with E-state index in [0.717, 1.165) is 35.7 Å². The van der Waals surface area contributed by atoms with Gasteiger partial charge in [0.2, 0.25) is 0 Å². The number of benzene rings is 2. The van der Waals surface area contributed by atoms with E-state index < -0.39 is 0 Å². The first-order chi connectivity index (χ1) is 9.72. The summed E-state index contributed by atoms with van der Waals surface area (Å²) in [5.74, 6) is 0. The minimum Gasteiger partial charge on any atom is -0.308 e. The first kappa shape index (κ1) is 12.9. The number of pyridine rings is 1. The maximum atomic E-state index is 12.7. The average Bonchev–Trinajstić information content (AvgIpc) is 2.47. The van der Waals surface area contributed by atoms with E-state index in [1.807, 2.05) is 28.8 Å². The molecule has 0 radical (unpaired) electrons. The summed E-state index contributed by atoms with van der Waals surface area (Å²) in [4.78, 5) is 12.7. The highest BCUT2D eigenvalue weighted by molar-refractivity contribution is 6.05. The number of rotatable bonds is 3. The first-order valence-electron chi connectivity index (χ1n) is 7.24. The fraction of sp³-hybridized carbons (Fsp3) is 0.278. The molecule has 102 valence electrons. The highest BCUT2D eigenvalue weighted by Crippen LogP contribution is 2.23. The van der Waals surface area contributed by atoms with Crippen molar-refractivity contribution in [3.63, 3.8) is 0 Å². The number of hydrogen-bond acceptors (Lipinski definition) is 1. The zero-order valence-electron chi connectivity index (χ0n) is 12.0. The molecule has 2 heteroatoms. The summed E-state index contributed by atoms with van der Waals surface area (Å²) in [5, 5.41) is 3.04. The Kier molecular flexibility index (Phi) is 3.31. The Morgan fingerprint density at radius 3 is 2.50 bits per heavy atom. The molecule has 0 spiro atoms. The molecule has 0 N–H and O–H groups in total. The fourth-order valence-corrected chi connectivity index (χ4v) is 2.79. The van der Waals surface area contributed by atoms with Gasteiger partial charge in [-0.25, -0.2) is 0 Å². The molecule has 20 heavy (non-hydrogen) atoms. The maximum Gasteiger partial charge on any atom is 0.258 e. The zero-order valence-corrected chi connectivity index (χ0v) is 12.0. The molecule has 0 unspecified atom stereocenters. The Bertz CT molecular complexity index is 830. The summed E-state index contributed by atoms with van der Waals surface area (Å²) in [6.45, 7) is 5.02. The lowest BCUT2D eigenvalue weighted by atomic mass is 10.0. The molecule has 0 atom stereocenters. The van der Waals surface area contributed by atoms with E-state index in [1.54, 1.807) is 0 Å². The lowest BCUT2D eigenvalue weighted by Gasteiger charge is -2.13. The normalized spacial score (nSPS) is 11.3. The van der Waals surface area contributed by atoms with Gasteiger partial charge in [-0.15, -0.1) is 0 Å². The van der Waals surface area contributed by atoms with Crippen LogP contribution in [0.5, 0.6) is 0 Å². The molecule has 0 saturated carbocycles. The second-order valence-electron chi connectivity index (χ2n) is 5.38. The Balaban J connectivity index is 2.46. The number of fused-ring (bicyclic) bond motifs is 3. The summed E-state index contributed by atoms with van der Waals surface area (Å²) in [6, 6.07) is 14.3. The minimum atomic E-state index is 0.132. The molecule has 3 aromatic rings. The van der Waals surface area contributed by atoms with Crippen LogP contribution in [0.25, 0.3) is 21.7 Å². The molecule has 3 rings (SSSR count). The molecule has 0 fully saturated rings. The van der Waals surface area contributed by atoms with Crippen molar-refractivity contribution in [3.05, 3.63) is 58.4 Å². The molecule has 0 saturated heterocycles. The third-order valence-corrected chi connectivity index (χ3v) is 3.87. The highest BCUT2D eigenvalue weighted by Gasteiger charge is 2.09. The van der Waals surface area contributed by atoms with Gasteiger partial charge in [-0.1, -0.05) is 43.7 Å². The van der Waals surface area contributed by atoms with Gasteiger partial charge in [0.1, 0.15) is 0 Å². The van der Waals surface area contributed by atoms with Crippen molar-refractivity contribution >= 4 is 21.7 Å². The van der Waals surface area contributed by atoms with Gasteiger partial charge < -0.3 is 4.57 Å². The molecule has 0 aliphatic carbocycles. The van der Waals surface area contributed by atoms with Crippen LogP contribution in [0.3, 0.4) is 0 Å². The maximum absolute atomic E-state index is 12.7. The molecule has 0 aliphatic rings. The number of aromatic nitrogens is 1. The van der Waals surface area contributed by atoms with Crippen LogP contribution in [-0.4, -0.2) is 4.57 Å². The minimum absolute atomic E-state index is 0.132. The van der Waals surface area contributed by atoms with Crippen molar-refractivity contribution in [2.24, 2.45) is 0 Å². The van der Waals surface area contributed by atoms with Crippen LogP contribution < -0.4 is 5.56 Å². The fourth-order valence-electron chi connectivity index (χ4n) is 2.79. The predicted octanol–water partition coefficient (Wildman–Crippen LogP) is 4.26. The van der Waals surface area contributed by atoms with E-state index in [4.69, 9.17) is 0 Å². The average molecular weight is 265 g/mol. The van der Waals surface area contributed by atoms with Gasteiger partial charge in [-0.3, -0.25) is 4.79 Å². The monoisotopic (exact) mass is 265 g/mol. The van der Waals surface area contributed by atoms with Crippen LogP contribution >= 0.6 is 0 Å². The van der Waals surface area contributed by atoms with Gasteiger partial charge in [0.15, 0.2) is 0 Å². The van der Waals surface area contributed by atoms with Crippen molar-refractivity contribution in [1.82, 2.24) is 4.57 Å².